The summed E-state index contributed by atoms with van der Waals surface area (Å²) in [6.07, 6.45) is 4.50. The van der Waals surface area contributed by atoms with Crippen molar-refractivity contribution in [1.29, 1.82) is 0 Å². The molecular formula is C21H26O5. The van der Waals surface area contributed by atoms with Gasteiger partial charge in [0.15, 0.2) is 11.9 Å². The molecule has 2 atom stereocenters. The van der Waals surface area contributed by atoms with E-state index in [1.807, 2.05) is 20.8 Å². The molecule has 2 heterocycles. The highest BCUT2D eigenvalue weighted by Crippen LogP contribution is 2.48. The van der Waals surface area contributed by atoms with E-state index in [0.717, 1.165) is 24.0 Å². The average Bonchev–Trinajstić information content (AvgIpc) is 2.55. The van der Waals surface area contributed by atoms with Gasteiger partial charge in [-0.05, 0) is 31.4 Å². The van der Waals surface area contributed by atoms with Crippen LogP contribution in [0.4, 0.5) is 0 Å². The highest BCUT2D eigenvalue weighted by atomic mass is 16.5. The van der Waals surface area contributed by atoms with Gasteiger partial charge in [-0.15, -0.1) is 0 Å². The molecule has 140 valence electrons. The zero-order valence-corrected chi connectivity index (χ0v) is 16.0. The van der Waals surface area contributed by atoms with Gasteiger partial charge in [0.05, 0.1) is 0 Å². The smallest absolute Gasteiger partial charge is 0.331 e. The van der Waals surface area contributed by atoms with Gasteiger partial charge in [0.2, 0.25) is 0 Å². The van der Waals surface area contributed by atoms with E-state index >= 15 is 0 Å². The van der Waals surface area contributed by atoms with Crippen molar-refractivity contribution in [2.75, 3.05) is 6.61 Å². The third-order valence-corrected chi connectivity index (χ3v) is 5.19. The SMILES string of the molecule is CCCC1=CC(=O)OC2C1=CC(C)(C)C1=C2C(C(=O)C(C)C)C(=O)CO1. The van der Waals surface area contributed by atoms with Gasteiger partial charge >= 0.3 is 5.97 Å². The molecular weight excluding hydrogens is 332 g/mol. The summed E-state index contributed by atoms with van der Waals surface area (Å²) in [6, 6.07) is 0. The summed E-state index contributed by atoms with van der Waals surface area (Å²) in [5.41, 5.74) is 1.85. The fraction of sp³-hybridized carbons (Fsp3) is 0.571. The normalized spacial score (nSPS) is 27.2. The number of ketones is 2. The number of ether oxygens (including phenoxy) is 2. The number of hydrogen-bond acceptors (Lipinski definition) is 5. The molecule has 1 aliphatic carbocycles. The van der Waals surface area contributed by atoms with Crippen LogP contribution in [0.3, 0.4) is 0 Å². The Labute approximate surface area is 154 Å². The number of fused-ring (bicyclic) bond motifs is 2. The van der Waals surface area contributed by atoms with Crippen LogP contribution < -0.4 is 0 Å². The second kappa shape index (κ2) is 6.53. The Morgan fingerprint density at radius 2 is 2.00 bits per heavy atom. The van der Waals surface area contributed by atoms with Crippen molar-refractivity contribution < 1.29 is 23.9 Å². The molecule has 0 aromatic heterocycles. The highest BCUT2D eigenvalue weighted by Gasteiger charge is 2.50. The average molecular weight is 358 g/mol. The molecule has 0 N–H and O–H groups in total. The lowest BCUT2D eigenvalue weighted by Gasteiger charge is -2.43. The molecule has 0 bridgehead atoms. The maximum absolute atomic E-state index is 12.9. The Bertz CT molecular complexity index is 763. The van der Waals surface area contributed by atoms with Gasteiger partial charge in [-0.3, -0.25) is 9.59 Å². The maximum atomic E-state index is 12.9. The lowest BCUT2D eigenvalue weighted by molar-refractivity contribution is -0.145. The van der Waals surface area contributed by atoms with E-state index in [9.17, 15) is 14.4 Å². The van der Waals surface area contributed by atoms with Gasteiger partial charge in [-0.1, -0.05) is 33.3 Å². The molecule has 0 aromatic carbocycles. The molecule has 5 heteroatoms. The Kier molecular flexibility index (Phi) is 4.67. The largest absolute Gasteiger partial charge is 0.489 e. The fourth-order valence-corrected chi connectivity index (χ4v) is 4.04. The van der Waals surface area contributed by atoms with Crippen LogP contribution in [0.15, 0.2) is 34.6 Å². The summed E-state index contributed by atoms with van der Waals surface area (Å²) in [5, 5.41) is 0. The van der Waals surface area contributed by atoms with Crippen LogP contribution in [0, 0.1) is 17.3 Å². The summed E-state index contributed by atoms with van der Waals surface area (Å²) in [6.45, 7) is 9.49. The zero-order chi connectivity index (χ0) is 19.2. The number of Topliss-reactive ketones (excluding diaryl/α,β-unsaturated/α-hetero) is 2. The van der Waals surface area contributed by atoms with E-state index in [-0.39, 0.29) is 24.1 Å². The Hall–Kier alpha value is -2.17. The molecule has 0 saturated carbocycles. The van der Waals surface area contributed by atoms with Crippen LogP contribution in [-0.4, -0.2) is 30.2 Å². The predicted octanol–water partition coefficient (Wildman–Crippen LogP) is 3.30. The standard InChI is InChI=1S/C21H26O5/c1-6-7-12-8-15(23)26-19-13(12)9-21(4,5)20-17(19)16(14(22)10-25-20)18(24)11(2)3/h8-9,11,16,19H,6-7,10H2,1-5H3. The van der Waals surface area contributed by atoms with E-state index < -0.39 is 23.4 Å². The summed E-state index contributed by atoms with van der Waals surface area (Å²) < 4.78 is 11.4. The Balaban J connectivity index is 2.18. The summed E-state index contributed by atoms with van der Waals surface area (Å²) in [4.78, 5) is 37.6. The molecule has 0 radical (unpaired) electrons. The number of rotatable bonds is 4. The van der Waals surface area contributed by atoms with E-state index in [1.54, 1.807) is 13.8 Å². The lowest BCUT2D eigenvalue weighted by atomic mass is 9.68. The molecule has 0 fully saturated rings. The minimum absolute atomic E-state index is 0.118. The van der Waals surface area contributed by atoms with Gasteiger partial charge < -0.3 is 9.47 Å². The van der Waals surface area contributed by atoms with E-state index in [1.165, 1.54) is 6.08 Å². The number of esters is 1. The second-order valence-electron chi connectivity index (χ2n) is 8.09. The van der Waals surface area contributed by atoms with Crippen LogP contribution in [0.5, 0.6) is 0 Å². The first-order chi connectivity index (χ1) is 12.2. The second-order valence-corrected chi connectivity index (χ2v) is 8.09. The first-order valence-corrected chi connectivity index (χ1v) is 9.25. The van der Waals surface area contributed by atoms with Crippen LogP contribution in [0.2, 0.25) is 0 Å². The first-order valence-electron chi connectivity index (χ1n) is 9.25. The maximum Gasteiger partial charge on any atom is 0.331 e. The van der Waals surface area contributed by atoms with Gasteiger partial charge in [-0.25, -0.2) is 4.79 Å². The highest BCUT2D eigenvalue weighted by molar-refractivity contribution is 6.07. The molecule has 26 heavy (non-hydrogen) atoms. The molecule has 3 aliphatic rings. The number of hydrogen-bond donors (Lipinski definition) is 0. The third-order valence-electron chi connectivity index (χ3n) is 5.19. The number of carbonyl (C=O) groups is 3. The van der Waals surface area contributed by atoms with E-state index in [4.69, 9.17) is 9.47 Å². The number of allylic oxidation sites excluding steroid dienone is 1. The van der Waals surface area contributed by atoms with Crippen molar-refractivity contribution in [1.82, 2.24) is 0 Å². The van der Waals surface area contributed by atoms with Crippen molar-refractivity contribution in [3.8, 4) is 0 Å². The third kappa shape index (κ3) is 2.93. The summed E-state index contributed by atoms with van der Waals surface area (Å²) in [7, 11) is 0. The van der Waals surface area contributed by atoms with Gasteiger partial charge in [0.1, 0.15) is 24.1 Å². The molecule has 2 unspecified atom stereocenters. The van der Waals surface area contributed by atoms with Gasteiger partial charge in [0, 0.05) is 23.0 Å². The molecule has 0 aromatic rings. The predicted molar refractivity (Wildman–Crippen MR) is 96.1 cm³/mol. The fourth-order valence-electron chi connectivity index (χ4n) is 4.04. The topological polar surface area (TPSA) is 69.7 Å². The molecule has 5 nitrogen and oxygen atoms in total. The molecule has 3 rings (SSSR count). The monoisotopic (exact) mass is 358 g/mol. The molecule has 0 amide bonds. The lowest BCUT2D eigenvalue weighted by Crippen LogP contribution is -2.46. The van der Waals surface area contributed by atoms with Crippen molar-refractivity contribution in [2.24, 2.45) is 17.3 Å². The summed E-state index contributed by atoms with van der Waals surface area (Å²) >= 11 is 0. The quantitative estimate of drug-likeness (QED) is 0.570. The van der Waals surface area contributed by atoms with Crippen molar-refractivity contribution in [3.05, 3.63) is 34.6 Å². The van der Waals surface area contributed by atoms with Gasteiger partial charge in [0.25, 0.3) is 0 Å². The van der Waals surface area contributed by atoms with E-state index in [2.05, 4.69) is 6.08 Å². The molecule has 0 saturated heterocycles. The van der Waals surface area contributed by atoms with Crippen molar-refractivity contribution >= 4 is 17.5 Å². The summed E-state index contributed by atoms with van der Waals surface area (Å²) in [5.74, 6) is -1.45. The molecule has 2 aliphatic heterocycles. The Morgan fingerprint density at radius 3 is 2.62 bits per heavy atom. The van der Waals surface area contributed by atoms with E-state index in [0.29, 0.717) is 11.3 Å². The first kappa shape index (κ1) is 18.6. The Morgan fingerprint density at radius 1 is 1.31 bits per heavy atom. The minimum atomic E-state index is -0.902. The van der Waals surface area contributed by atoms with Crippen molar-refractivity contribution in [3.63, 3.8) is 0 Å². The molecule has 0 spiro atoms. The van der Waals surface area contributed by atoms with Gasteiger partial charge in [-0.2, -0.15) is 0 Å². The van der Waals surface area contributed by atoms with Crippen molar-refractivity contribution in [2.45, 2.75) is 53.6 Å². The van der Waals surface area contributed by atoms with Crippen LogP contribution in [0.25, 0.3) is 0 Å². The van der Waals surface area contributed by atoms with Crippen LogP contribution in [0.1, 0.15) is 47.5 Å². The number of carbonyl (C=O) groups excluding carboxylic acids is 3. The zero-order valence-electron chi connectivity index (χ0n) is 16.0. The minimum Gasteiger partial charge on any atom is -0.489 e. The van der Waals surface area contributed by atoms with Crippen LogP contribution >= 0.6 is 0 Å². The van der Waals surface area contributed by atoms with Crippen LogP contribution in [-0.2, 0) is 23.9 Å².